The summed E-state index contributed by atoms with van der Waals surface area (Å²) in [4.78, 5) is 0. The van der Waals surface area contributed by atoms with Crippen molar-refractivity contribution < 1.29 is 9.47 Å². The summed E-state index contributed by atoms with van der Waals surface area (Å²) in [6, 6.07) is 8.61. The molecule has 1 aliphatic heterocycles. The number of methoxy groups -OCH3 is 1. The Morgan fingerprint density at radius 3 is 3.00 bits per heavy atom. The SMILES string of the molecule is CCCNC1CC(c2ccsc2)Oc2cc(OC)ccc21. The molecular weight excluding hydrogens is 282 g/mol. The Hall–Kier alpha value is -1.52. The lowest BCUT2D eigenvalue weighted by Crippen LogP contribution is -2.29. The van der Waals surface area contributed by atoms with Crippen LogP contribution in [0, 0.1) is 0 Å². The van der Waals surface area contributed by atoms with Crippen molar-refractivity contribution >= 4 is 11.3 Å². The molecular formula is C17H21NO2S. The van der Waals surface area contributed by atoms with Crippen molar-refractivity contribution in [1.82, 2.24) is 5.32 Å². The summed E-state index contributed by atoms with van der Waals surface area (Å²) in [6.45, 7) is 3.21. The molecule has 0 saturated carbocycles. The zero-order valence-corrected chi connectivity index (χ0v) is 13.3. The summed E-state index contributed by atoms with van der Waals surface area (Å²) in [5, 5.41) is 7.92. The average Bonchev–Trinajstić information content (AvgIpc) is 3.06. The first kappa shape index (κ1) is 14.4. The van der Waals surface area contributed by atoms with Gasteiger partial charge >= 0.3 is 0 Å². The Kier molecular flexibility index (Phi) is 4.46. The first-order chi connectivity index (χ1) is 10.3. The van der Waals surface area contributed by atoms with E-state index in [0.717, 1.165) is 30.9 Å². The number of fused-ring (bicyclic) bond motifs is 1. The predicted molar refractivity (Wildman–Crippen MR) is 86.3 cm³/mol. The van der Waals surface area contributed by atoms with Crippen LogP contribution in [0.25, 0.3) is 0 Å². The number of hydrogen-bond donors (Lipinski definition) is 1. The van der Waals surface area contributed by atoms with Crippen LogP contribution in [0.3, 0.4) is 0 Å². The average molecular weight is 303 g/mol. The molecule has 0 aliphatic carbocycles. The second-order valence-electron chi connectivity index (χ2n) is 5.31. The molecule has 112 valence electrons. The second kappa shape index (κ2) is 6.50. The van der Waals surface area contributed by atoms with E-state index in [4.69, 9.17) is 9.47 Å². The highest BCUT2D eigenvalue weighted by Gasteiger charge is 2.29. The van der Waals surface area contributed by atoms with Crippen molar-refractivity contribution in [3.63, 3.8) is 0 Å². The monoisotopic (exact) mass is 303 g/mol. The van der Waals surface area contributed by atoms with Crippen molar-refractivity contribution in [2.24, 2.45) is 0 Å². The molecule has 0 spiro atoms. The fourth-order valence-electron chi connectivity index (χ4n) is 2.75. The van der Waals surface area contributed by atoms with E-state index in [2.05, 4.69) is 35.1 Å². The molecule has 0 fully saturated rings. The molecule has 0 bridgehead atoms. The molecule has 21 heavy (non-hydrogen) atoms. The number of ether oxygens (including phenoxy) is 2. The van der Waals surface area contributed by atoms with Gasteiger partial charge in [0.2, 0.25) is 0 Å². The van der Waals surface area contributed by atoms with E-state index in [9.17, 15) is 0 Å². The van der Waals surface area contributed by atoms with Crippen molar-refractivity contribution in [1.29, 1.82) is 0 Å². The number of rotatable bonds is 5. The summed E-state index contributed by atoms with van der Waals surface area (Å²) >= 11 is 1.72. The van der Waals surface area contributed by atoms with Gasteiger partial charge in [0.15, 0.2) is 0 Å². The predicted octanol–water partition coefficient (Wildman–Crippen LogP) is 4.32. The van der Waals surface area contributed by atoms with E-state index in [0.29, 0.717) is 6.04 Å². The van der Waals surface area contributed by atoms with Gasteiger partial charge in [-0.2, -0.15) is 11.3 Å². The first-order valence-electron chi connectivity index (χ1n) is 7.42. The van der Waals surface area contributed by atoms with Crippen LogP contribution in [0.5, 0.6) is 11.5 Å². The third-order valence-electron chi connectivity index (χ3n) is 3.87. The highest BCUT2D eigenvalue weighted by atomic mass is 32.1. The largest absolute Gasteiger partial charge is 0.497 e. The summed E-state index contributed by atoms with van der Waals surface area (Å²) in [5.74, 6) is 1.78. The van der Waals surface area contributed by atoms with E-state index in [-0.39, 0.29) is 6.10 Å². The molecule has 2 heterocycles. The van der Waals surface area contributed by atoms with Gasteiger partial charge in [-0.3, -0.25) is 0 Å². The van der Waals surface area contributed by atoms with Gasteiger partial charge < -0.3 is 14.8 Å². The standard InChI is InChI=1S/C17H21NO2S/c1-3-7-18-15-10-16(12-6-8-21-11-12)20-17-9-13(19-2)4-5-14(15)17/h4-6,8-9,11,15-16,18H,3,7,10H2,1-2H3. The molecule has 3 rings (SSSR count). The van der Waals surface area contributed by atoms with Crippen molar-refractivity contribution in [2.45, 2.75) is 31.9 Å². The molecule has 1 aromatic heterocycles. The van der Waals surface area contributed by atoms with Crippen LogP contribution in [0.2, 0.25) is 0 Å². The Morgan fingerprint density at radius 2 is 2.29 bits per heavy atom. The van der Waals surface area contributed by atoms with Gasteiger partial charge in [-0.05, 0) is 35.9 Å². The van der Waals surface area contributed by atoms with Crippen molar-refractivity contribution in [3.05, 3.63) is 46.2 Å². The lowest BCUT2D eigenvalue weighted by Gasteiger charge is -2.33. The third-order valence-corrected chi connectivity index (χ3v) is 4.57. The highest BCUT2D eigenvalue weighted by molar-refractivity contribution is 7.07. The summed E-state index contributed by atoms with van der Waals surface area (Å²) in [6.07, 6.45) is 2.22. The fourth-order valence-corrected chi connectivity index (χ4v) is 3.45. The van der Waals surface area contributed by atoms with E-state index in [1.165, 1.54) is 11.1 Å². The molecule has 0 saturated heterocycles. The lowest BCUT2D eigenvalue weighted by molar-refractivity contribution is 0.151. The Balaban J connectivity index is 1.91. The molecule has 4 heteroatoms. The van der Waals surface area contributed by atoms with Gasteiger partial charge in [0.05, 0.1) is 7.11 Å². The minimum absolute atomic E-state index is 0.116. The van der Waals surface area contributed by atoms with Gasteiger partial charge in [0, 0.05) is 29.7 Å². The van der Waals surface area contributed by atoms with E-state index >= 15 is 0 Å². The van der Waals surface area contributed by atoms with Crippen LogP contribution < -0.4 is 14.8 Å². The molecule has 2 unspecified atom stereocenters. The quantitative estimate of drug-likeness (QED) is 0.892. The molecule has 3 nitrogen and oxygen atoms in total. The van der Waals surface area contributed by atoms with Crippen LogP contribution >= 0.6 is 11.3 Å². The summed E-state index contributed by atoms with van der Waals surface area (Å²) in [5.41, 5.74) is 2.49. The van der Waals surface area contributed by atoms with Crippen molar-refractivity contribution in [2.75, 3.05) is 13.7 Å². The minimum atomic E-state index is 0.116. The lowest BCUT2D eigenvalue weighted by atomic mass is 9.93. The number of benzene rings is 1. The van der Waals surface area contributed by atoms with Crippen LogP contribution in [0.4, 0.5) is 0 Å². The second-order valence-corrected chi connectivity index (χ2v) is 6.09. The van der Waals surface area contributed by atoms with Crippen LogP contribution in [-0.4, -0.2) is 13.7 Å². The Morgan fingerprint density at radius 1 is 1.38 bits per heavy atom. The maximum atomic E-state index is 6.22. The van der Waals surface area contributed by atoms with E-state index in [1.807, 2.05) is 12.1 Å². The van der Waals surface area contributed by atoms with Crippen LogP contribution in [-0.2, 0) is 0 Å². The Bertz CT molecular complexity index is 582. The van der Waals surface area contributed by atoms with Gasteiger partial charge in [0.25, 0.3) is 0 Å². The maximum absolute atomic E-state index is 6.22. The molecule has 1 aliphatic rings. The first-order valence-corrected chi connectivity index (χ1v) is 8.36. The smallest absolute Gasteiger partial charge is 0.128 e. The highest BCUT2D eigenvalue weighted by Crippen LogP contribution is 2.42. The van der Waals surface area contributed by atoms with Gasteiger partial charge in [-0.25, -0.2) is 0 Å². The molecule has 0 amide bonds. The summed E-state index contributed by atoms with van der Waals surface area (Å²) < 4.78 is 11.5. The zero-order valence-electron chi connectivity index (χ0n) is 12.5. The number of hydrogen-bond acceptors (Lipinski definition) is 4. The van der Waals surface area contributed by atoms with Gasteiger partial charge in [-0.1, -0.05) is 13.0 Å². The fraction of sp³-hybridized carbons (Fsp3) is 0.412. The molecule has 0 radical (unpaired) electrons. The van der Waals surface area contributed by atoms with Gasteiger partial charge in [-0.15, -0.1) is 0 Å². The number of thiophene rings is 1. The van der Waals surface area contributed by atoms with E-state index in [1.54, 1.807) is 18.4 Å². The minimum Gasteiger partial charge on any atom is -0.497 e. The molecule has 1 N–H and O–H groups in total. The topological polar surface area (TPSA) is 30.5 Å². The zero-order chi connectivity index (χ0) is 14.7. The van der Waals surface area contributed by atoms with E-state index < -0.39 is 0 Å². The normalized spacial score (nSPS) is 20.7. The molecule has 2 atom stereocenters. The van der Waals surface area contributed by atoms with Gasteiger partial charge in [0.1, 0.15) is 17.6 Å². The van der Waals surface area contributed by atoms with Crippen LogP contribution in [0.15, 0.2) is 35.0 Å². The number of nitrogens with one attached hydrogen (secondary N) is 1. The Labute approximate surface area is 129 Å². The molecule has 1 aromatic carbocycles. The van der Waals surface area contributed by atoms with Crippen molar-refractivity contribution in [3.8, 4) is 11.5 Å². The summed E-state index contributed by atoms with van der Waals surface area (Å²) in [7, 11) is 1.69. The molecule has 2 aromatic rings. The third kappa shape index (κ3) is 3.06. The maximum Gasteiger partial charge on any atom is 0.128 e. The van der Waals surface area contributed by atoms with Crippen LogP contribution in [0.1, 0.15) is 43.0 Å².